The zero-order valence-corrected chi connectivity index (χ0v) is 13.4. The molecule has 0 aromatic heterocycles. The molecule has 1 atom stereocenters. The third-order valence-corrected chi connectivity index (χ3v) is 2.94. The highest BCUT2D eigenvalue weighted by molar-refractivity contribution is 5.84. The van der Waals surface area contributed by atoms with Crippen molar-refractivity contribution >= 4 is 11.9 Å². The van der Waals surface area contributed by atoms with Crippen LogP contribution in [-0.2, 0) is 16.0 Å². The number of halogens is 3. The lowest BCUT2D eigenvalue weighted by atomic mass is 10.1. The Morgan fingerprint density at radius 2 is 1.79 bits per heavy atom. The van der Waals surface area contributed by atoms with Gasteiger partial charge in [0.1, 0.15) is 11.8 Å². The van der Waals surface area contributed by atoms with E-state index in [1.165, 1.54) is 0 Å². The highest BCUT2D eigenvalue weighted by atomic mass is 19.4. The van der Waals surface area contributed by atoms with E-state index in [9.17, 15) is 22.8 Å². The number of benzene rings is 1. The van der Waals surface area contributed by atoms with Crippen LogP contribution in [0, 0.1) is 5.92 Å². The molecule has 1 unspecified atom stereocenters. The summed E-state index contributed by atoms with van der Waals surface area (Å²) in [6.07, 6.45) is -6.51. The summed E-state index contributed by atoms with van der Waals surface area (Å²) in [6, 6.07) is 4.51. The van der Waals surface area contributed by atoms with Gasteiger partial charge in [0.2, 0.25) is 5.91 Å². The molecule has 24 heavy (non-hydrogen) atoms. The smallest absolute Gasteiger partial charge is 0.391 e. The standard InChI is InChI=1S/C16H20F3NO4/c1-10(2)9-24-12-5-3-11(4-6-12)7-14(21)20-13(15(22)23)8-16(17,18)19/h3-6,10,13H,7-9H2,1-2H3,(H,20,21)(H,22,23). The van der Waals surface area contributed by atoms with Crippen molar-refractivity contribution in [2.75, 3.05) is 6.61 Å². The monoisotopic (exact) mass is 347 g/mol. The Kier molecular flexibility index (Phi) is 7.06. The number of nitrogens with one attached hydrogen (secondary N) is 1. The molecular weight excluding hydrogens is 327 g/mol. The molecule has 5 nitrogen and oxygen atoms in total. The van der Waals surface area contributed by atoms with Gasteiger partial charge in [0.15, 0.2) is 0 Å². The Bertz CT molecular complexity index is 555. The normalized spacial score (nSPS) is 12.8. The van der Waals surface area contributed by atoms with Gasteiger partial charge in [0, 0.05) is 0 Å². The van der Waals surface area contributed by atoms with Crippen molar-refractivity contribution < 1.29 is 32.6 Å². The van der Waals surface area contributed by atoms with Crippen LogP contribution in [0.25, 0.3) is 0 Å². The van der Waals surface area contributed by atoms with Crippen LogP contribution in [-0.4, -0.2) is 35.8 Å². The van der Waals surface area contributed by atoms with Gasteiger partial charge in [-0.2, -0.15) is 13.2 Å². The summed E-state index contributed by atoms with van der Waals surface area (Å²) in [7, 11) is 0. The Hall–Kier alpha value is -2.25. The first-order chi connectivity index (χ1) is 11.1. The number of hydrogen-bond donors (Lipinski definition) is 2. The molecule has 1 aromatic rings. The molecule has 0 radical (unpaired) electrons. The van der Waals surface area contributed by atoms with Gasteiger partial charge in [0.25, 0.3) is 0 Å². The zero-order chi connectivity index (χ0) is 18.3. The van der Waals surface area contributed by atoms with Crippen molar-refractivity contribution in [3.63, 3.8) is 0 Å². The molecule has 0 fully saturated rings. The number of amides is 1. The number of carbonyl (C=O) groups is 2. The summed E-state index contributed by atoms with van der Waals surface area (Å²) in [4.78, 5) is 22.5. The maximum Gasteiger partial charge on any atom is 0.391 e. The van der Waals surface area contributed by atoms with Crippen molar-refractivity contribution in [2.24, 2.45) is 5.92 Å². The lowest BCUT2D eigenvalue weighted by molar-refractivity contribution is -0.159. The van der Waals surface area contributed by atoms with E-state index < -0.39 is 30.5 Å². The Morgan fingerprint density at radius 3 is 2.25 bits per heavy atom. The van der Waals surface area contributed by atoms with E-state index >= 15 is 0 Å². The molecule has 0 saturated carbocycles. The second-order valence-corrected chi connectivity index (χ2v) is 5.80. The fourth-order valence-corrected chi connectivity index (χ4v) is 1.83. The first kappa shape index (κ1) is 19.8. The number of carboxylic acid groups (broad SMARTS) is 1. The maximum absolute atomic E-state index is 12.3. The Labute approximate surface area is 137 Å². The van der Waals surface area contributed by atoms with Crippen molar-refractivity contribution in [1.82, 2.24) is 5.32 Å². The summed E-state index contributed by atoms with van der Waals surface area (Å²) in [6.45, 7) is 4.54. The molecule has 1 rings (SSSR count). The van der Waals surface area contributed by atoms with Gasteiger partial charge in [-0.3, -0.25) is 4.79 Å². The summed E-state index contributed by atoms with van der Waals surface area (Å²) in [5.41, 5.74) is 0.542. The number of hydrogen-bond acceptors (Lipinski definition) is 3. The predicted octanol–water partition coefficient (Wildman–Crippen LogP) is 2.79. The molecule has 8 heteroatoms. The highest BCUT2D eigenvalue weighted by Gasteiger charge is 2.36. The molecular formula is C16H20F3NO4. The number of carboxylic acids is 1. The summed E-state index contributed by atoms with van der Waals surface area (Å²) < 4.78 is 42.3. The molecule has 0 spiro atoms. The fraction of sp³-hybridized carbons (Fsp3) is 0.500. The van der Waals surface area contributed by atoms with E-state index in [4.69, 9.17) is 9.84 Å². The Balaban J connectivity index is 2.58. The van der Waals surface area contributed by atoms with Gasteiger partial charge in [-0.1, -0.05) is 26.0 Å². The van der Waals surface area contributed by atoms with E-state index in [0.29, 0.717) is 23.8 Å². The van der Waals surface area contributed by atoms with E-state index in [-0.39, 0.29) is 6.42 Å². The maximum atomic E-state index is 12.3. The van der Waals surface area contributed by atoms with Crippen LogP contribution in [0.5, 0.6) is 5.75 Å². The minimum atomic E-state index is -4.67. The molecule has 0 aliphatic rings. The first-order valence-electron chi connectivity index (χ1n) is 7.37. The predicted molar refractivity (Wildman–Crippen MR) is 80.7 cm³/mol. The van der Waals surface area contributed by atoms with Crippen LogP contribution in [0.15, 0.2) is 24.3 Å². The van der Waals surface area contributed by atoms with Gasteiger partial charge < -0.3 is 15.2 Å². The van der Waals surface area contributed by atoms with Crippen LogP contribution in [0.3, 0.4) is 0 Å². The van der Waals surface area contributed by atoms with Crippen molar-refractivity contribution in [2.45, 2.75) is 38.9 Å². The first-order valence-corrected chi connectivity index (χ1v) is 7.37. The van der Waals surface area contributed by atoms with Crippen molar-refractivity contribution in [3.05, 3.63) is 29.8 Å². The van der Waals surface area contributed by atoms with Crippen LogP contribution >= 0.6 is 0 Å². The van der Waals surface area contributed by atoms with Crippen LogP contribution in [0.4, 0.5) is 13.2 Å². The largest absolute Gasteiger partial charge is 0.493 e. The SMILES string of the molecule is CC(C)COc1ccc(CC(=O)NC(CC(F)(F)F)C(=O)O)cc1. The Morgan fingerprint density at radius 1 is 1.21 bits per heavy atom. The molecule has 0 aliphatic heterocycles. The minimum absolute atomic E-state index is 0.216. The quantitative estimate of drug-likeness (QED) is 0.758. The van der Waals surface area contributed by atoms with Crippen LogP contribution < -0.4 is 10.1 Å². The summed E-state index contributed by atoms with van der Waals surface area (Å²) >= 11 is 0. The topological polar surface area (TPSA) is 75.6 Å². The molecule has 134 valence electrons. The number of alkyl halides is 3. The molecule has 0 bridgehead atoms. The lowest BCUT2D eigenvalue weighted by Crippen LogP contribution is -2.44. The van der Waals surface area contributed by atoms with Gasteiger partial charge in [0.05, 0.1) is 19.4 Å². The molecule has 0 heterocycles. The second-order valence-electron chi connectivity index (χ2n) is 5.80. The highest BCUT2D eigenvalue weighted by Crippen LogP contribution is 2.21. The average molecular weight is 347 g/mol. The van der Waals surface area contributed by atoms with Gasteiger partial charge in [-0.15, -0.1) is 0 Å². The lowest BCUT2D eigenvalue weighted by Gasteiger charge is -2.16. The second kappa shape index (κ2) is 8.56. The van der Waals surface area contributed by atoms with E-state index in [1.54, 1.807) is 24.3 Å². The van der Waals surface area contributed by atoms with Crippen molar-refractivity contribution in [1.29, 1.82) is 0 Å². The third-order valence-electron chi connectivity index (χ3n) is 2.94. The van der Waals surface area contributed by atoms with Crippen LogP contribution in [0.2, 0.25) is 0 Å². The third kappa shape index (κ3) is 7.85. The fourth-order valence-electron chi connectivity index (χ4n) is 1.83. The molecule has 0 aliphatic carbocycles. The number of ether oxygens (including phenoxy) is 1. The van der Waals surface area contributed by atoms with Crippen molar-refractivity contribution in [3.8, 4) is 5.75 Å². The van der Waals surface area contributed by atoms with E-state index in [0.717, 1.165) is 0 Å². The zero-order valence-electron chi connectivity index (χ0n) is 13.4. The number of carbonyl (C=O) groups excluding carboxylic acids is 1. The van der Waals surface area contributed by atoms with E-state index in [2.05, 4.69) is 0 Å². The molecule has 1 amide bonds. The van der Waals surface area contributed by atoms with Gasteiger partial charge in [-0.05, 0) is 23.6 Å². The summed E-state index contributed by atoms with van der Waals surface area (Å²) in [5, 5.41) is 10.6. The number of aliphatic carboxylic acids is 1. The molecule has 2 N–H and O–H groups in total. The van der Waals surface area contributed by atoms with E-state index in [1.807, 2.05) is 19.2 Å². The van der Waals surface area contributed by atoms with Gasteiger partial charge >= 0.3 is 12.1 Å². The minimum Gasteiger partial charge on any atom is -0.493 e. The number of rotatable bonds is 8. The van der Waals surface area contributed by atoms with Crippen LogP contribution in [0.1, 0.15) is 25.8 Å². The average Bonchev–Trinajstić information content (AvgIpc) is 2.44. The summed E-state index contributed by atoms with van der Waals surface area (Å²) in [5.74, 6) is -1.54. The molecule has 0 saturated heterocycles. The molecule has 1 aromatic carbocycles. The van der Waals surface area contributed by atoms with Gasteiger partial charge in [-0.25, -0.2) is 4.79 Å².